The van der Waals surface area contributed by atoms with E-state index in [2.05, 4.69) is 9.72 Å². The summed E-state index contributed by atoms with van der Waals surface area (Å²) >= 11 is 0. The second-order valence-electron chi connectivity index (χ2n) is 5.38. The summed E-state index contributed by atoms with van der Waals surface area (Å²) < 4.78 is 29.3. The zero-order valence-electron chi connectivity index (χ0n) is 11.1. The minimum absolute atomic E-state index is 0.0466. The second kappa shape index (κ2) is 4.64. The Morgan fingerprint density at radius 3 is 2.53 bits per heavy atom. The predicted octanol–water partition coefficient (Wildman–Crippen LogP) is 3.72. The standard InChI is InChI=1S/C14H16F2N2O/c1-14(2,3)11-7-9(17)8-5-4-6-10(12(8)18-11)19-13(15)16/h4-7,13H,1-3H3,(H2,17,18). The van der Waals surface area contributed by atoms with Crippen molar-refractivity contribution in [2.24, 2.45) is 0 Å². The fourth-order valence-corrected chi connectivity index (χ4v) is 1.82. The van der Waals surface area contributed by atoms with Gasteiger partial charge in [0.2, 0.25) is 0 Å². The summed E-state index contributed by atoms with van der Waals surface area (Å²) in [6.07, 6.45) is 0. The molecule has 2 N–H and O–H groups in total. The van der Waals surface area contributed by atoms with Crippen LogP contribution in [0.2, 0.25) is 0 Å². The van der Waals surface area contributed by atoms with Gasteiger partial charge in [-0.25, -0.2) is 4.98 Å². The third-order valence-electron chi connectivity index (χ3n) is 2.82. The number of nitrogens with zero attached hydrogens (tertiary/aromatic N) is 1. The number of rotatable bonds is 2. The molecular formula is C14H16F2N2O. The van der Waals surface area contributed by atoms with Crippen LogP contribution in [0.4, 0.5) is 14.5 Å². The van der Waals surface area contributed by atoms with E-state index in [4.69, 9.17) is 5.73 Å². The van der Waals surface area contributed by atoms with Crippen LogP contribution in [0.25, 0.3) is 10.9 Å². The summed E-state index contributed by atoms with van der Waals surface area (Å²) in [5.41, 5.74) is 7.36. The van der Waals surface area contributed by atoms with Gasteiger partial charge < -0.3 is 10.5 Å². The van der Waals surface area contributed by atoms with Gasteiger partial charge in [0, 0.05) is 22.2 Å². The van der Waals surface area contributed by atoms with E-state index in [1.54, 1.807) is 18.2 Å². The Hall–Kier alpha value is -1.91. The van der Waals surface area contributed by atoms with Gasteiger partial charge in [0.15, 0.2) is 5.75 Å². The molecule has 2 rings (SSSR count). The van der Waals surface area contributed by atoms with Gasteiger partial charge >= 0.3 is 6.61 Å². The molecule has 2 aromatic rings. The van der Waals surface area contributed by atoms with E-state index in [1.807, 2.05) is 20.8 Å². The number of ether oxygens (including phenoxy) is 1. The van der Waals surface area contributed by atoms with Gasteiger partial charge in [-0.1, -0.05) is 32.9 Å². The summed E-state index contributed by atoms with van der Waals surface area (Å²) in [5, 5.41) is 0.617. The molecule has 0 fully saturated rings. The Labute approximate surface area is 110 Å². The van der Waals surface area contributed by atoms with Crippen molar-refractivity contribution in [3.8, 4) is 5.75 Å². The first-order valence-corrected chi connectivity index (χ1v) is 5.93. The molecule has 1 aromatic carbocycles. The van der Waals surface area contributed by atoms with Gasteiger partial charge in [0.1, 0.15) is 5.52 Å². The van der Waals surface area contributed by atoms with Crippen LogP contribution >= 0.6 is 0 Å². The molecule has 0 aliphatic rings. The number of anilines is 1. The number of hydrogen-bond donors (Lipinski definition) is 1. The van der Waals surface area contributed by atoms with Gasteiger partial charge in [-0.05, 0) is 12.1 Å². The summed E-state index contributed by atoms with van der Waals surface area (Å²) in [4.78, 5) is 4.42. The molecule has 0 aliphatic carbocycles. The van der Waals surface area contributed by atoms with E-state index in [0.717, 1.165) is 5.69 Å². The van der Waals surface area contributed by atoms with Crippen molar-refractivity contribution < 1.29 is 13.5 Å². The second-order valence-corrected chi connectivity index (χ2v) is 5.38. The SMILES string of the molecule is CC(C)(C)c1cc(N)c2cccc(OC(F)F)c2n1. The Bertz CT molecular complexity index is 606. The highest BCUT2D eigenvalue weighted by Crippen LogP contribution is 2.32. The maximum absolute atomic E-state index is 12.4. The van der Waals surface area contributed by atoms with Crippen LogP contribution in [0.3, 0.4) is 0 Å². The van der Waals surface area contributed by atoms with Gasteiger partial charge in [-0.3, -0.25) is 0 Å². The molecule has 1 heterocycles. The number of fused-ring (bicyclic) bond motifs is 1. The van der Waals surface area contributed by atoms with Crippen LogP contribution in [-0.4, -0.2) is 11.6 Å². The van der Waals surface area contributed by atoms with Crippen LogP contribution in [0.1, 0.15) is 26.5 Å². The van der Waals surface area contributed by atoms with Crippen LogP contribution in [0.5, 0.6) is 5.75 Å². The average Bonchev–Trinajstić information content (AvgIpc) is 2.28. The summed E-state index contributed by atoms with van der Waals surface area (Å²) in [5.74, 6) is 0.0466. The molecule has 102 valence electrons. The molecule has 0 radical (unpaired) electrons. The van der Waals surface area contributed by atoms with Gasteiger partial charge in [-0.15, -0.1) is 0 Å². The molecule has 0 saturated carbocycles. The van der Waals surface area contributed by atoms with Crippen LogP contribution < -0.4 is 10.5 Å². The van der Waals surface area contributed by atoms with Crippen LogP contribution in [-0.2, 0) is 5.41 Å². The number of hydrogen-bond acceptors (Lipinski definition) is 3. The first-order chi connectivity index (χ1) is 8.79. The fraction of sp³-hybridized carbons (Fsp3) is 0.357. The number of pyridine rings is 1. The topological polar surface area (TPSA) is 48.1 Å². The number of benzene rings is 1. The lowest BCUT2D eigenvalue weighted by Crippen LogP contribution is -2.14. The molecule has 3 nitrogen and oxygen atoms in total. The van der Waals surface area contributed by atoms with Gasteiger partial charge in [0.05, 0.1) is 0 Å². The minimum atomic E-state index is -2.88. The van der Waals surface area contributed by atoms with E-state index in [0.29, 0.717) is 16.6 Å². The van der Waals surface area contributed by atoms with Crippen molar-refractivity contribution in [3.05, 3.63) is 30.0 Å². The lowest BCUT2D eigenvalue weighted by Gasteiger charge is -2.20. The number of nitrogen functional groups attached to an aromatic ring is 1. The van der Waals surface area contributed by atoms with Gasteiger partial charge in [0.25, 0.3) is 0 Å². The molecular weight excluding hydrogens is 250 g/mol. The minimum Gasteiger partial charge on any atom is -0.432 e. The van der Waals surface area contributed by atoms with E-state index < -0.39 is 6.61 Å². The molecule has 5 heteroatoms. The lowest BCUT2D eigenvalue weighted by atomic mass is 9.91. The summed E-state index contributed by atoms with van der Waals surface area (Å²) in [6, 6.07) is 6.60. The van der Waals surface area contributed by atoms with Gasteiger partial charge in [-0.2, -0.15) is 8.78 Å². The van der Waals surface area contributed by atoms with E-state index >= 15 is 0 Å². The first kappa shape index (κ1) is 13.5. The lowest BCUT2D eigenvalue weighted by molar-refractivity contribution is -0.0489. The third kappa shape index (κ3) is 2.75. The smallest absolute Gasteiger partial charge is 0.387 e. The summed E-state index contributed by atoms with van der Waals surface area (Å²) in [7, 11) is 0. The van der Waals surface area contributed by atoms with Crippen molar-refractivity contribution in [1.82, 2.24) is 4.98 Å². The number of para-hydroxylation sites is 1. The van der Waals surface area contributed by atoms with E-state index in [-0.39, 0.29) is 11.2 Å². The quantitative estimate of drug-likeness (QED) is 0.901. The highest BCUT2D eigenvalue weighted by Gasteiger charge is 2.19. The number of halogens is 2. The van der Waals surface area contributed by atoms with Crippen molar-refractivity contribution in [2.75, 3.05) is 5.73 Å². The Morgan fingerprint density at radius 2 is 1.95 bits per heavy atom. The normalized spacial score (nSPS) is 12.1. The molecule has 0 saturated heterocycles. The average molecular weight is 266 g/mol. The Morgan fingerprint density at radius 1 is 1.26 bits per heavy atom. The number of nitrogens with two attached hydrogens (primary N) is 1. The molecule has 0 bridgehead atoms. The van der Waals surface area contributed by atoms with Crippen molar-refractivity contribution in [2.45, 2.75) is 32.8 Å². The largest absolute Gasteiger partial charge is 0.432 e. The predicted molar refractivity (Wildman–Crippen MR) is 71.5 cm³/mol. The van der Waals surface area contributed by atoms with E-state index in [9.17, 15) is 8.78 Å². The Kier molecular flexibility index (Phi) is 3.30. The van der Waals surface area contributed by atoms with Crippen LogP contribution in [0.15, 0.2) is 24.3 Å². The molecule has 0 unspecified atom stereocenters. The van der Waals surface area contributed by atoms with Crippen molar-refractivity contribution in [1.29, 1.82) is 0 Å². The molecule has 1 aromatic heterocycles. The Balaban J connectivity index is 2.69. The highest BCUT2D eigenvalue weighted by atomic mass is 19.3. The molecule has 0 spiro atoms. The fourth-order valence-electron chi connectivity index (χ4n) is 1.82. The molecule has 0 aliphatic heterocycles. The first-order valence-electron chi connectivity index (χ1n) is 5.93. The highest BCUT2D eigenvalue weighted by molar-refractivity contribution is 5.94. The van der Waals surface area contributed by atoms with Crippen LogP contribution in [0, 0.1) is 0 Å². The zero-order valence-corrected chi connectivity index (χ0v) is 11.1. The van der Waals surface area contributed by atoms with Crippen molar-refractivity contribution >= 4 is 16.6 Å². The maximum atomic E-state index is 12.4. The molecule has 19 heavy (non-hydrogen) atoms. The molecule has 0 amide bonds. The summed E-state index contributed by atoms with van der Waals surface area (Å²) in [6.45, 7) is 3.07. The maximum Gasteiger partial charge on any atom is 0.387 e. The zero-order chi connectivity index (χ0) is 14.2. The monoisotopic (exact) mass is 266 g/mol. The number of alkyl halides is 2. The molecule has 0 atom stereocenters. The number of aromatic nitrogens is 1. The van der Waals surface area contributed by atoms with E-state index in [1.165, 1.54) is 6.07 Å². The third-order valence-corrected chi connectivity index (χ3v) is 2.82. The van der Waals surface area contributed by atoms with Crippen molar-refractivity contribution in [3.63, 3.8) is 0 Å².